The molecule has 0 unspecified atom stereocenters. The first kappa shape index (κ1) is 15.4. The van der Waals surface area contributed by atoms with E-state index in [1.165, 1.54) is 6.07 Å². The normalized spacial score (nSPS) is 17.4. The van der Waals surface area contributed by atoms with Crippen molar-refractivity contribution in [2.45, 2.75) is 25.3 Å². The molecule has 1 aromatic carbocycles. The van der Waals surface area contributed by atoms with Gasteiger partial charge in [-0.25, -0.2) is 13.4 Å². The summed E-state index contributed by atoms with van der Waals surface area (Å²) in [6.07, 6.45) is 0. The van der Waals surface area contributed by atoms with E-state index in [0.29, 0.717) is 37.4 Å². The van der Waals surface area contributed by atoms with Crippen LogP contribution in [-0.2, 0) is 21.4 Å². The fourth-order valence-corrected chi connectivity index (χ4v) is 3.63. The van der Waals surface area contributed by atoms with Gasteiger partial charge in [-0.05, 0) is 36.6 Å². The second-order valence-corrected chi connectivity index (χ2v) is 6.52. The van der Waals surface area contributed by atoms with E-state index >= 15 is 0 Å². The first-order chi connectivity index (χ1) is 9.44. The van der Waals surface area contributed by atoms with Crippen LogP contribution in [0.4, 0.5) is 0 Å². The third-order valence-corrected chi connectivity index (χ3v) is 4.91. The molecular weight excluding hydrogens is 280 g/mol. The zero-order valence-electron chi connectivity index (χ0n) is 11.7. The number of aryl methyl sites for hydroxylation is 1. The van der Waals surface area contributed by atoms with Gasteiger partial charge < -0.3 is 9.84 Å². The van der Waals surface area contributed by atoms with E-state index in [4.69, 9.17) is 4.74 Å². The minimum absolute atomic E-state index is 0.179. The largest absolute Gasteiger partial charge is 0.392 e. The van der Waals surface area contributed by atoms with Gasteiger partial charge in [-0.3, -0.25) is 0 Å². The predicted molar refractivity (Wildman–Crippen MR) is 74.6 cm³/mol. The van der Waals surface area contributed by atoms with Gasteiger partial charge in [-0.1, -0.05) is 6.07 Å². The molecule has 6 nitrogen and oxygen atoms in total. The Morgan fingerprint density at radius 2 is 1.95 bits per heavy atom. The molecule has 0 radical (unpaired) electrons. The molecule has 1 heterocycles. The van der Waals surface area contributed by atoms with Crippen LogP contribution in [0.2, 0.25) is 0 Å². The second-order valence-electron chi connectivity index (χ2n) is 4.89. The highest BCUT2D eigenvalue weighted by atomic mass is 32.2. The van der Waals surface area contributed by atoms with Crippen molar-refractivity contribution < 1.29 is 18.3 Å². The Hall–Kier alpha value is -0.990. The molecule has 2 rings (SSSR count). The number of aliphatic hydroxyl groups excluding tert-OH is 1. The number of ether oxygens (including phenoxy) is 1. The third kappa shape index (κ3) is 3.36. The molecule has 0 aliphatic carbocycles. The quantitative estimate of drug-likeness (QED) is 0.837. The van der Waals surface area contributed by atoms with Crippen LogP contribution in [0.15, 0.2) is 17.0 Å². The Morgan fingerprint density at radius 3 is 2.55 bits per heavy atom. The molecule has 2 N–H and O–H groups in total. The van der Waals surface area contributed by atoms with Gasteiger partial charge in [0.1, 0.15) is 0 Å². The summed E-state index contributed by atoms with van der Waals surface area (Å²) < 4.78 is 30.1. The standard InChI is InChI=1S/C13H20N2O4S/c1-10-7-12(9-16)8-13(11(10)2)20(17,18)14-15-3-5-19-6-4-15/h7-8,14,16H,3-6,9H2,1-2H3. The molecule has 0 spiro atoms. The molecule has 0 aromatic heterocycles. The summed E-state index contributed by atoms with van der Waals surface area (Å²) in [6, 6.07) is 3.31. The molecule has 1 aliphatic heterocycles. The van der Waals surface area contributed by atoms with E-state index in [2.05, 4.69) is 4.83 Å². The Kier molecular flexibility index (Phi) is 4.77. The lowest BCUT2D eigenvalue weighted by atomic mass is 10.1. The summed E-state index contributed by atoms with van der Waals surface area (Å²) in [5, 5.41) is 10.9. The molecular formula is C13H20N2O4S. The maximum Gasteiger partial charge on any atom is 0.253 e. The van der Waals surface area contributed by atoms with Gasteiger partial charge in [0, 0.05) is 13.1 Å². The predicted octanol–water partition coefficient (Wildman–Crippen LogP) is 0.321. The number of morpholine rings is 1. The van der Waals surface area contributed by atoms with Gasteiger partial charge in [0.15, 0.2) is 0 Å². The van der Waals surface area contributed by atoms with E-state index in [1.807, 2.05) is 6.92 Å². The van der Waals surface area contributed by atoms with E-state index in [0.717, 1.165) is 5.56 Å². The first-order valence-electron chi connectivity index (χ1n) is 6.50. The number of hydrazine groups is 1. The van der Waals surface area contributed by atoms with Crippen LogP contribution in [-0.4, -0.2) is 44.8 Å². The number of hydrogen-bond donors (Lipinski definition) is 2. The van der Waals surface area contributed by atoms with Crippen molar-refractivity contribution in [2.24, 2.45) is 0 Å². The van der Waals surface area contributed by atoms with Crippen molar-refractivity contribution in [1.29, 1.82) is 0 Å². The van der Waals surface area contributed by atoms with Crippen LogP contribution in [0.25, 0.3) is 0 Å². The first-order valence-corrected chi connectivity index (χ1v) is 7.98. The lowest BCUT2D eigenvalue weighted by Gasteiger charge is -2.27. The van der Waals surface area contributed by atoms with Gasteiger partial charge in [-0.2, -0.15) is 0 Å². The van der Waals surface area contributed by atoms with E-state index in [9.17, 15) is 13.5 Å². The average molecular weight is 300 g/mol. The Labute approximate surface area is 119 Å². The zero-order chi connectivity index (χ0) is 14.8. The fourth-order valence-electron chi connectivity index (χ4n) is 2.14. The van der Waals surface area contributed by atoms with Crippen LogP contribution >= 0.6 is 0 Å². The van der Waals surface area contributed by atoms with Crippen molar-refractivity contribution in [2.75, 3.05) is 26.3 Å². The highest BCUT2D eigenvalue weighted by Crippen LogP contribution is 2.21. The van der Waals surface area contributed by atoms with Crippen LogP contribution in [0.3, 0.4) is 0 Å². The molecule has 1 aliphatic rings. The Balaban J connectivity index is 2.30. The molecule has 1 aromatic rings. The highest BCUT2D eigenvalue weighted by Gasteiger charge is 2.23. The van der Waals surface area contributed by atoms with Gasteiger partial charge in [0.2, 0.25) is 0 Å². The van der Waals surface area contributed by atoms with Crippen LogP contribution in [0, 0.1) is 13.8 Å². The average Bonchev–Trinajstić information content (AvgIpc) is 2.42. The zero-order valence-corrected chi connectivity index (χ0v) is 12.5. The molecule has 112 valence electrons. The number of hydrogen-bond acceptors (Lipinski definition) is 5. The van der Waals surface area contributed by atoms with Gasteiger partial charge in [0.05, 0.1) is 24.7 Å². The van der Waals surface area contributed by atoms with Crippen molar-refractivity contribution in [3.05, 3.63) is 28.8 Å². The third-order valence-electron chi connectivity index (χ3n) is 3.41. The highest BCUT2D eigenvalue weighted by molar-refractivity contribution is 7.89. The fraction of sp³-hybridized carbons (Fsp3) is 0.538. The lowest BCUT2D eigenvalue weighted by Crippen LogP contribution is -2.48. The summed E-state index contributed by atoms with van der Waals surface area (Å²) in [5.74, 6) is 0. The minimum atomic E-state index is -3.64. The Bertz CT molecular complexity index is 580. The molecule has 7 heteroatoms. The molecule has 1 saturated heterocycles. The molecule has 0 atom stereocenters. The van der Waals surface area contributed by atoms with Crippen molar-refractivity contribution in [3.8, 4) is 0 Å². The summed E-state index contributed by atoms with van der Waals surface area (Å²) in [6.45, 7) is 5.50. The summed E-state index contributed by atoms with van der Waals surface area (Å²) in [7, 11) is -3.64. The van der Waals surface area contributed by atoms with Gasteiger partial charge in [0.25, 0.3) is 10.0 Å². The summed E-state index contributed by atoms with van der Waals surface area (Å²) in [4.78, 5) is 2.79. The molecule has 1 fully saturated rings. The van der Waals surface area contributed by atoms with E-state index in [1.54, 1.807) is 18.0 Å². The van der Waals surface area contributed by atoms with Crippen LogP contribution in [0.1, 0.15) is 16.7 Å². The van der Waals surface area contributed by atoms with Gasteiger partial charge >= 0.3 is 0 Å². The number of aliphatic hydroxyl groups is 1. The maximum absolute atomic E-state index is 12.5. The smallest absolute Gasteiger partial charge is 0.253 e. The summed E-state index contributed by atoms with van der Waals surface area (Å²) in [5.41, 5.74) is 2.14. The van der Waals surface area contributed by atoms with Gasteiger partial charge in [-0.15, -0.1) is 4.83 Å². The van der Waals surface area contributed by atoms with E-state index < -0.39 is 10.0 Å². The molecule has 20 heavy (non-hydrogen) atoms. The minimum Gasteiger partial charge on any atom is -0.392 e. The second kappa shape index (κ2) is 6.19. The number of sulfonamides is 1. The number of nitrogens with one attached hydrogen (secondary N) is 1. The number of nitrogens with zero attached hydrogens (tertiary/aromatic N) is 1. The number of rotatable bonds is 4. The van der Waals surface area contributed by atoms with Crippen molar-refractivity contribution in [3.63, 3.8) is 0 Å². The molecule has 0 amide bonds. The summed E-state index contributed by atoms with van der Waals surface area (Å²) >= 11 is 0. The monoisotopic (exact) mass is 300 g/mol. The van der Waals surface area contributed by atoms with Crippen molar-refractivity contribution in [1.82, 2.24) is 9.84 Å². The lowest BCUT2D eigenvalue weighted by molar-refractivity contribution is 0.0272. The van der Waals surface area contributed by atoms with Crippen LogP contribution < -0.4 is 4.83 Å². The molecule has 0 bridgehead atoms. The van der Waals surface area contributed by atoms with Crippen LogP contribution in [0.5, 0.6) is 0 Å². The topological polar surface area (TPSA) is 78.9 Å². The Morgan fingerprint density at radius 1 is 1.30 bits per heavy atom. The SMILES string of the molecule is Cc1cc(CO)cc(S(=O)(=O)NN2CCOCC2)c1C. The van der Waals surface area contributed by atoms with Crippen molar-refractivity contribution >= 4 is 10.0 Å². The maximum atomic E-state index is 12.5. The van der Waals surface area contributed by atoms with E-state index in [-0.39, 0.29) is 11.5 Å². The number of benzene rings is 1. The molecule has 0 saturated carbocycles.